The number of pyridine rings is 1. The smallest absolute Gasteiger partial charge is 0.346 e. The van der Waals surface area contributed by atoms with Gasteiger partial charge in [0, 0.05) is 46.9 Å². The van der Waals surface area contributed by atoms with Crippen LogP contribution in [-0.4, -0.2) is 31.8 Å². The number of aromatic carboxylic acids is 1. The van der Waals surface area contributed by atoms with Gasteiger partial charge < -0.3 is 27.0 Å². The SMILES string of the molecule is Cc1cc(Oc2ncccn2)ncc1C1(N)C(=O)C(N)c2c(C(=O)O)sc3c(N)ccc1c23. The number of aryl methyl sites for hydroxylation is 1. The van der Waals surface area contributed by atoms with E-state index in [0.29, 0.717) is 32.5 Å². The number of aromatic nitrogens is 3. The van der Waals surface area contributed by atoms with Gasteiger partial charge in [-0.05, 0) is 30.2 Å². The van der Waals surface area contributed by atoms with Crippen LogP contribution in [0.2, 0.25) is 0 Å². The van der Waals surface area contributed by atoms with Gasteiger partial charge in [0.25, 0.3) is 0 Å². The van der Waals surface area contributed by atoms with Crippen molar-refractivity contribution in [1.82, 2.24) is 15.0 Å². The van der Waals surface area contributed by atoms with Gasteiger partial charge in [-0.15, -0.1) is 11.3 Å². The van der Waals surface area contributed by atoms with Crippen LogP contribution in [0.1, 0.15) is 38.0 Å². The fraction of sp³-hybridized carbons (Fsp3) is 0.136. The Hall–Kier alpha value is -3.93. The molecule has 0 aliphatic heterocycles. The molecule has 3 heterocycles. The zero-order valence-corrected chi connectivity index (χ0v) is 18.1. The summed E-state index contributed by atoms with van der Waals surface area (Å²) < 4.78 is 6.11. The molecule has 1 aliphatic rings. The number of Topliss-reactive ketones (excluding diaryl/α,β-unsaturated/α-hetero) is 1. The van der Waals surface area contributed by atoms with Crippen LogP contribution >= 0.6 is 11.3 Å². The summed E-state index contributed by atoms with van der Waals surface area (Å²) >= 11 is 0.985. The predicted molar refractivity (Wildman–Crippen MR) is 121 cm³/mol. The van der Waals surface area contributed by atoms with E-state index in [0.717, 1.165) is 11.3 Å². The van der Waals surface area contributed by atoms with Crippen molar-refractivity contribution in [2.75, 3.05) is 5.73 Å². The lowest BCUT2D eigenvalue weighted by atomic mass is 9.70. The maximum atomic E-state index is 13.6. The number of anilines is 1. The van der Waals surface area contributed by atoms with Gasteiger partial charge in [0.2, 0.25) is 5.88 Å². The molecule has 11 heteroatoms. The van der Waals surface area contributed by atoms with Gasteiger partial charge in [-0.3, -0.25) is 4.79 Å². The standard InChI is InChI=1S/C22H18N6O4S/c1-9-7-13(32-21-26-5-2-6-27-21)28-8-11(9)22(25)10-3-4-12(23)17-14(10)15(16(24)19(22)29)18(33-17)20(30)31/h2-8,16H,23-25H2,1H3,(H,30,31). The topological polar surface area (TPSA) is 180 Å². The molecule has 0 spiro atoms. The Labute approximate surface area is 191 Å². The number of nitrogen functional groups attached to an aromatic ring is 1. The van der Waals surface area contributed by atoms with Crippen molar-refractivity contribution in [2.45, 2.75) is 18.5 Å². The highest BCUT2D eigenvalue weighted by atomic mass is 32.1. The number of carbonyl (C=O) groups excluding carboxylic acids is 1. The fourth-order valence-corrected chi connectivity index (χ4v) is 5.39. The first-order chi connectivity index (χ1) is 15.7. The van der Waals surface area contributed by atoms with Crippen molar-refractivity contribution in [3.8, 4) is 11.9 Å². The largest absolute Gasteiger partial charge is 0.477 e. The summed E-state index contributed by atoms with van der Waals surface area (Å²) in [5, 5.41) is 10.2. The number of hydrogen-bond donors (Lipinski definition) is 4. The Morgan fingerprint density at radius 1 is 1.21 bits per heavy atom. The van der Waals surface area contributed by atoms with E-state index in [1.807, 2.05) is 0 Å². The van der Waals surface area contributed by atoms with Gasteiger partial charge in [0.1, 0.15) is 10.4 Å². The van der Waals surface area contributed by atoms with E-state index in [-0.39, 0.29) is 22.3 Å². The summed E-state index contributed by atoms with van der Waals surface area (Å²) in [6, 6.07) is 5.43. The van der Waals surface area contributed by atoms with Crippen LogP contribution in [0.15, 0.2) is 42.9 Å². The Kier molecular flexibility index (Phi) is 4.64. The van der Waals surface area contributed by atoms with Gasteiger partial charge in [-0.25, -0.2) is 19.7 Å². The fourth-order valence-electron chi connectivity index (χ4n) is 4.25. The highest BCUT2D eigenvalue weighted by Crippen LogP contribution is 2.49. The molecule has 0 fully saturated rings. The highest BCUT2D eigenvalue weighted by molar-refractivity contribution is 7.21. The lowest BCUT2D eigenvalue weighted by Gasteiger charge is -2.37. The minimum atomic E-state index is -1.66. The first-order valence-electron chi connectivity index (χ1n) is 9.83. The second-order valence-corrected chi connectivity index (χ2v) is 8.70. The van der Waals surface area contributed by atoms with Crippen LogP contribution in [0.5, 0.6) is 11.9 Å². The van der Waals surface area contributed by atoms with Gasteiger partial charge >= 0.3 is 12.0 Å². The molecule has 2 atom stereocenters. The molecule has 5 rings (SSSR count). The van der Waals surface area contributed by atoms with E-state index < -0.39 is 23.3 Å². The van der Waals surface area contributed by atoms with E-state index in [2.05, 4.69) is 15.0 Å². The molecule has 7 N–H and O–H groups in total. The molecule has 1 aliphatic carbocycles. The number of carboxylic acids is 1. The third-order valence-electron chi connectivity index (χ3n) is 5.76. The Bertz CT molecular complexity index is 1450. The summed E-state index contributed by atoms with van der Waals surface area (Å²) in [5.41, 5.74) is 19.7. The van der Waals surface area contributed by atoms with Crippen molar-refractivity contribution >= 4 is 38.9 Å². The number of ether oxygens (including phenoxy) is 1. The monoisotopic (exact) mass is 462 g/mol. The van der Waals surface area contributed by atoms with Crippen LogP contribution in [0.3, 0.4) is 0 Å². The number of carbonyl (C=O) groups is 2. The zero-order chi connectivity index (χ0) is 23.5. The first kappa shape index (κ1) is 20.9. The van der Waals surface area contributed by atoms with E-state index in [9.17, 15) is 14.7 Å². The van der Waals surface area contributed by atoms with Crippen molar-refractivity contribution in [3.63, 3.8) is 0 Å². The molecule has 3 aromatic heterocycles. The van der Waals surface area contributed by atoms with Gasteiger partial charge in [0.15, 0.2) is 5.78 Å². The second kappa shape index (κ2) is 7.30. The molecule has 10 nitrogen and oxygen atoms in total. The highest BCUT2D eigenvalue weighted by Gasteiger charge is 2.49. The molecule has 33 heavy (non-hydrogen) atoms. The quantitative estimate of drug-likeness (QED) is 0.328. The van der Waals surface area contributed by atoms with Crippen molar-refractivity contribution in [1.29, 1.82) is 0 Å². The van der Waals surface area contributed by atoms with Crippen LogP contribution in [0, 0.1) is 6.92 Å². The molecule has 0 saturated heterocycles. The molecule has 4 aromatic rings. The third-order valence-corrected chi connectivity index (χ3v) is 7.00. The normalized spacial score (nSPS) is 19.6. The van der Waals surface area contributed by atoms with Crippen LogP contribution in [-0.2, 0) is 10.3 Å². The van der Waals surface area contributed by atoms with Crippen molar-refractivity contribution in [2.24, 2.45) is 11.5 Å². The predicted octanol–water partition coefficient (Wildman–Crippen LogP) is 2.25. The van der Waals surface area contributed by atoms with Crippen LogP contribution < -0.4 is 21.9 Å². The Morgan fingerprint density at radius 3 is 2.61 bits per heavy atom. The second-order valence-electron chi connectivity index (χ2n) is 7.68. The molecule has 2 unspecified atom stereocenters. The summed E-state index contributed by atoms with van der Waals surface area (Å²) in [7, 11) is 0. The number of nitrogens with zero attached hydrogens (tertiary/aromatic N) is 3. The van der Waals surface area contributed by atoms with E-state index in [1.54, 1.807) is 31.2 Å². The molecule has 1 aromatic carbocycles. The zero-order valence-electron chi connectivity index (χ0n) is 17.3. The first-order valence-corrected chi connectivity index (χ1v) is 10.6. The third kappa shape index (κ3) is 2.98. The minimum absolute atomic E-state index is 0.0199. The van der Waals surface area contributed by atoms with E-state index in [4.69, 9.17) is 21.9 Å². The molecule has 0 saturated carbocycles. The molecular formula is C22H18N6O4S. The Morgan fingerprint density at radius 2 is 1.94 bits per heavy atom. The molecule has 166 valence electrons. The minimum Gasteiger partial charge on any atom is -0.477 e. The summed E-state index contributed by atoms with van der Waals surface area (Å²) in [6.45, 7) is 1.77. The molecule has 0 bridgehead atoms. The van der Waals surface area contributed by atoms with Crippen molar-refractivity contribution < 1.29 is 19.4 Å². The van der Waals surface area contributed by atoms with Gasteiger partial charge in [-0.1, -0.05) is 6.07 Å². The maximum absolute atomic E-state index is 13.6. The summed E-state index contributed by atoms with van der Waals surface area (Å²) in [6.07, 6.45) is 4.53. The average molecular weight is 462 g/mol. The van der Waals surface area contributed by atoms with Crippen LogP contribution in [0.4, 0.5) is 5.69 Å². The molecule has 0 amide bonds. The number of thiophene rings is 1. The maximum Gasteiger partial charge on any atom is 0.346 e. The van der Waals surface area contributed by atoms with Gasteiger partial charge in [-0.2, -0.15) is 0 Å². The summed E-state index contributed by atoms with van der Waals surface area (Å²) in [4.78, 5) is 37.7. The Balaban J connectivity index is 1.70. The number of nitrogens with two attached hydrogens (primary N) is 3. The van der Waals surface area contributed by atoms with E-state index >= 15 is 0 Å². The van der Waals surface area contributed by atoms with Crippen LogP contribution in [0.25, 0.3) is 10.1 Å². The lowest BCUT2D eigenvalue weighted by molar-refractivity contribution is -0.124. The lowest BCUT2D eigenvalue weighted by Crippen LogP contribution is -2.53. The molecule has 0 radical (unpaired) electrons. The molecular weight excluding hydrogens is 444 g/mol. The van der Waals surface area contributed by atoms with E-state index in [1.165, 1.54) is 18.6 Å². The number of rotatable bonds is 4. The van der Waals surface area contributed by atoms with Gasteiger partial charge in [0.05, 0.1) is 10.7 Å². The number of carboxylic acid groups (broad SMARTS) is 1. The number of hydrogen-bond acceptors (Lipinski definition) is 10. The summed E-state index contributed by atoms with van der Waals surface area (Å²) in [5.74, 6) is -1.48. The average Bonchev–Trinajstić information content (AvgIpc) is 3.20. The number of benzene rings is 1. The number of ketones is 1. The van der Waals surface area contributed by atoms with Crippen molar-refractivity contribution in [3.05, 3.63) is 70.0 Å².